The third kappa shape index (κ3) is 1.36. The van der Waals surface area contributed by atoms with Crippen LogP contribution < -0.4 is 0 Å². The molecule has 84 valence electrons. The molecule has 0 aliphatic carbocycles. The van der Waals surface area contributed by atoms with Gasteiger partial charge in [0, 0.05) is 19.8 Å². The molecule has 2 heterocycles. The quantitative estimate of drug-likeness (QED) is 0.673. The van der Waals surface area contributed by atoms with Crippen LogP contribution in [0.2, 0.25) is 0 Å². The molecule has 0 saturated heterocycles. The van der Waals surface area contributed by atoms with E-state index >= 15 is 0 Å². The number of hydrogen-bond donors (Lipinski definition) is 0. The third-order valence-corrected chi connectivity index (χ3v) is 5.13. The van der Waals surface area contributed by atoms with Crippen molar-refractivity contribution in [1.82, 2.24) is 0 Å². The van der Waals surface area contributed by atoms with Crippen LogP contribution in [0.15, 0.2) is 24.3 Å². The van der Waals surface area contributed by atoms with Crippen molar-refractivity contribution in [3.8, 4) is 0 Å². The number of benzene rings is 1. The van der Waals surface area contributed by atoms with Crippen molar-refractivity contribution in [1.29, 1.82) is 0 Å². The maximum Gasteiger partial charge on any atom is 0.243 e. The lowest BCUT2D eigenvalue weighted by Gasteiger charge is -2.30. The van der Waals surface area contributed by atoms with Crippen molar-refractivity contribution in [2.24, 2.45) is 0 Å². The Labute approximate surface area is 102 Å². The van der Waals surface area contributed by atoms with Crippen molar-refractivity contribution < 1.29 is 4.58 Å². The number of thioether (sulfide) groups is 1. The van der Waals surface area contributed by atoms with E-state index in [0.29, 0.717) is 5.54 Å². The summed E-state index contributed by atoms with van der Waals surface area (Å²) in [7, 11) is 0. The van der Waals surface area contributed by atoms with E-state index in [0.717, 1.165) is 0 Å². The number of fused-ring (bicyclic) bond motifs is 2. The van der Waals surface area contributed by atoms with Gasteiger partial charge >= 0.3 is 0 Å². The Kier molecular flexibility index (Phi) is 2.36. The fourth-order valence-corrected chi connectivity index (χ4v) is 4.15. The summed E-state index contributed by atoms with van der Waals surface area (Å²) in [6.45, 7) is 5.95. The van der Waals surface area contributed by atoms with Gasteiger partial charge in [-0.15, -0.1) is 0 Å². The Morgan fingerprint density at radius 3 is 3.00 bits per heavy atom. The molecule has 2 aliphatic rings. The largest absolute Gasteiger partial charge is 0.243 e. The van der Waals surface area contributed by atoms with Gasteiger partial charge in [0.1, 0.15) is 0 Å². The summed E-state index contributed by atoms with van der Waals surface area (Å²) < 4.78 is 2.64. The van der Waals surface area contributed by atoms with E-state index in [4.69, 9.17) is 0 Å². The average Bonchev–Trinajstić information content (AvgIpc) is 2.79. The van der Waals surface area contributed by atoms with Gasteiger partial charge in [-0.3, -0.25) is 0 Å². The number of nitrogens with zero attached hydrogens (tertiary/aromatic N) is 1. The van der Waals surface area contributed by atoms with Gasteiger partial charge in [0.25, 0.3) is 0 Å². The van der Waals surface area contributed by atoms with Gasteiger partial charge in [0.05, 0.1) is 11.3 Å². The van der Waals surface area contributed by atoms with Gasteiger partial charge < -0.3 is 0 Å². The van der Waals surface area contributed by atoms with Crippen LogP contribution in [-0.2, 0) is 6.42 Å². The molecular weight excluding hydrogens is 214 g/mol. The molecule has 0 N–H and O–H groups in total. The summed E-state index contributed by atoms with van der Waals surface area (Å²) in [5, 5.41) is 1.52. The second-order valence-corrected chi connectivity index (χ2v) is 6.07. The minimum Gasteiger partial charge on any atom is -0.218 e. The molecule has 1 aromatic rings. The van der Waals surface area contributed by atoms with Crippen LogP contribution in [-0.4, -0.2) is 27.5 Å². The lowest BCUT2D eigenvalue weighted by molar-refractivity contribution is -0.598. The summed E-state index contributed by atoms with van der Waals surface area (Å²) in [5.41, 5.74) is 3.36. The second-order valence-electron chi connectivity index (χ2n) is 4.99. The lowest BCUT2D eigenvalue weighted by atomic mass is 9.85. The first-order valence-corrected chi connectivity index (χ1v) is 7.09. The molecule has 0 unspecified atom stereocenters. The van der Waals surface area contributed by atoms with Crippen molar-refractivity contribution in [3.05, 3.63) is 35.4 Å². The van der Waals surface area contributed by atoms with Crippen LogP contribution in [0.25, 0.3) is 0 Å². The van der Waals surface area contributed by atoms with Crippen molar-refractivity contribution >= 4 is 16.8 Å². The maximum atomic E-state index is 2.64. The van der Waals surface area contributed by atoms with Crippen molar-refractivity contribution in [3.63, 3.8) is 0 Å². The van der Waals surface area contributed by atoms with Gasteiger partial charge in [-0.05, 0) is 11.6 Å². The molecule has 0 bridgehead atoms. The highest BCUT2D eigenvalue weighted by Gasteiger charge is 2.44. The molecule has 16 heavy (non-hydrogen) atoms. The molecule has 0 radical (unpaired) electrons. The minimum atomic E-state index is 0.340. The predicted octanol–water partition coefficient (Wildman–Crippen LogP) is 2.92. The number of hydrogen-bond acceptors (Lipinski definition) is 1. The monoisotopic (exact) mass is 232 g/mol. The van der Waals surface area contributed by atoms with Gasteiger partial charge in [-0.25, -0.2) is 4.58 Å². The summed E-state index contributed by atoms with van der Waals surface area (Å²) >= 11 is 2.03. The van der Waals surface area contributed by atoms with E-state index in [9.17, 15) is 0 Å². The van der Waals surface area contributed by atoms with Gasteiger partial charge in [0.2, 0.25) is 5.04 Å². The van der Waals surface area contributed by atoms with E-state index in [-0.39, 0.29) is 0 Å². The summed E-state index contributed by atoms with van der Waals surface area (Å²) in [6, 6.07) is 8.92. The molecule has 2 heteroatoms. The number of rotatable bonds is 1. The Balaban J connectivity index is 2.20. The molecule has 0 fully saturated rings. The fourth-order valence-electron chi connectivity index (χ4n) is 2.86. The Morgan fingerprint density at radius 1 is 1.38 bits per heavy atom. The van der Waals surface area contributed by atoms with E-state index in [2.05, 4.69) is 42.7 Å². The van der Waals surface area contributed by atoms with Crippen molar-refractivity contribution in [2.45, 2.75) is 32.2 Å². The molecule has 1 atom stereocenters. The molecule has 0 saturated carbocycles. The van der Waals surface area contributed by atoms with Crippen LogP contribution in [0.5, 0.6) is 0 Å². The summed E-state index contributed by atoms with van der Waals surface area (Å²) in [6.07, 6.45) is 2.43. The maximum absolute atomic E-state index is 2.64. The molecule has 0 amide bonds. The second kappa shape index (κ2) is 3.63. The first kappa shape index (κ1) is 10.4. The highest BCUT2D eigenvalue weighted by molar-refractivity contribution is 8.14. The topological polar surface area (TPSA) is 3.01 Å². The normalized spacial score (nSPS) is 27.9. The zero-order valence-electron chi connectivity index (χ0n) is 9.99. The first-order valence-electron chi connectivity index (χ1n) is 6.10. The van der Waals surface area contributed by atoms with Crippen LogP contribution in [0.4, 0.5) is 0 Å². The summed E-state index contributed by atoms with van der Waals surface area (Å²) in [4.78, 5) is 0. The van der Waals surface area contributed by atoms with E-state index in [1.807, 2.05) is 11.8 Å². The third-order valence-electron chi connectivity index (χ3n) is 4.03. The van der Waals surface area contributed by atoms with Gasteiger partial charge in [-0.2, -0.15) is 0 Å². The van der Waals surface area contributed by atoms with Crippen molar-refractivity contribution in [2.75, 3.05) is 12.3 Å². The van der Waals surface area contributed by atoms with Gasteiger partial charge in [-0.1, -0.05) is 36.9 Å². The zero-order chi connectivity index (χ0) is 11.2. The van der Waals surface area contributed by atoms with Gasteiger partial charge in [0.15, 0.2) is 12.1 Å². The van der Waals surface area contributed by atoms with Crippen LogP contribution in [0.3, 0.4) is 0 Å². The minimum absolute atomic E-state index is 0.340. The standard InChI is InChI=1S/C14H18NS/c1-3-14(2)10-11-6-4-5-7-12(11)13-15(14)8-9-16-13/h4-7H,3,8-10H2,1-2H3/q+1/t14-/m1/s1. The summed E-state index contributed by atoms with van der Waals surface area (Å²) in [5.74, 6) is 1.25. The first-order chi connectivity index (χ1) is 7.74. The molecule has 1 aromatic carbocycles. The highest BCUT2D eigenvalue weighted by Crippen LogP contribution is 2.35. The Hall–Kier alpha value is -0.760. The van der Waals surface area contributed by atoms with E-state index in [1.54, 1.807) is 0 Å². The van der Waals surface area contributed by atoms with Crippen LogP contribution in [0, 0.1) is 0 Å². The average molecular weight is 232 g/mol. The molecule has 2 aliphatic heterocycles. The van der Waals surface area contributed by atoms with E-state index in [1.165, 1.54) is 41.3 Å². The molecule has 0 aromatic heterocycles. The van der Waals surface area contributed by atoms with E-state index < -0.39 is 0 Å². The smallest absolute Gasteiger partial charge is 0.218 e. The predicted molar refractivity (Wildman–Crippen MR) is 70.5 cm³/mol. The molecule has 1 nitrogen and oxygen atoms in total. The molecule has 3 rings (SSSR count). The van der Waals surface area contributed by atoms with Crippen LogP contribution >= 0.6 is 11.8 Å². The highest BCUT2D eigenvalue weighted by atomic mass is 32.2. The van der Waals surface area contributed by atoms with Crippen LogP contribution in [0.1, 0.15) is 31.4 Å². The molecular formula is C14H18NS+. The SMILES string of the molecule is CC[C@]1(C)Cc2ccccc2C2=[N+]1CCS2. The zero-order valence-corrected chi connectivity index (χ0v) is 10.8. The lowest BCUT2D eigenvalue weighted by Crippen LogP contribution is -2.45. The molecule has 0 spiro atoms. The fraction of sp³-hybridized carbons (Fsp3) is 0.500. The Morgan fingerprint density at radius 2 is 2.19 bits per heavy atom. The Bertz CT molecular complexity index is 464.